The number of benzene rings is 1. The van der Waals surface area contributed by atoms with E-state index in [1.165, 1.54) is 6.92 Å². The summed E-state index contributed by atoms with van der Waals surface area (Å²) in [7, 11) is 0. The molecule has 6 heteroatoms. The second-order valence-corrected chi connectivity index (χ2v) is 3.17. The van der Waals surface area contributed by atoms with Crippen LogP contribution in [0.15, 0.2) is 12.1 Å². The van der Waals surface area contributed by atoms with E-state index in [2.05, 4.69) is 0 Å². The molecule has 0 radical (unpaired) electrons. The Morgan fingerprint density at radius 1 is 1.44 bits per heavy atom. The van der Waals surface area contributed by atoms with Crippen molar-refractivity contribution in [1.82, 2.24) is 0 Å². The van der Waals surface area contributed by atoms with Crippen LogP contribution in [0, 0.1) is 18.3 Å². The lowest BCUT2D eigenvalue weighted by Gasteiger charge is -2.10. The minimum Gasteiger partial charge on any atom is -0.366 e. The zero-order valence-corrected chi connectivity index (χ0v) is 8.22. The summed E-state index contributed by atoms with van der Waals surface area (Å²) in [5, 5.41) is 8.65. The van der Waals surface area contributed by atoms with E-state index < -0.39 is 17.6 Å². The van der Waals surface area contributed by atoms with Crippen LogP contribution in [0.1, 0.15) is 27.0 Å². The van der Waals surface area contributed by atoms with Gasteiger partial charge >= 0.3 is 6.18 Å². The van der Waals surface area contributed by atoms with Gasteiger partial charge in [-0.15, -0.1) is 0 Å². The van der Waals surface area contributed by atoms with Gasteiger partial charge in [-0.3, -0.25) is 4.79 Å². The quantitative estimate of drug-likeness (QED) is 0.798. The summed E-state index contributed by atoms with van der Waals surface area (Å²) in [6.45, 7) is 1.37. The molecule has 0 atom stereocenters. The van der Waals surface area contributed by atoms with Gasteiger partial charge in [-0.1, -0.05) is 0 Å². The highest BCUT2D eigenvalue weighted by molar-refractivity contribution is 5.95. The van der Waals surface area contributed by atoms with Crippen molar-refractivity contribution < 1.29 is 18.0 Å². The van der Waals surface area contributed by atoms with Crippen molar-refractivity contribution in [1.29, 1.82) is 5.26 Å². The van der Waals surface area contributed by atoms with E-state index in [1.807, 2.05) is 0 Å². The number of primary amides is 1. The summed E-state index contributed by atoms with van der Waals surface area (Å²) in [5.41, 5.74) is 3.55. The first-order valence-corrected chi connectivity index (χ1v) is 4.19. The van der Waals surface area contributed by atoms with Crippen LogP contribution in [0.3, 0.4) is 0 Å². The molecule has 0 saturated heterocycles. The molecule has 16 heavy (non-hydrogen) atoms. The Morgan fingerprint density at radius 2 is 2.00 bits per heavy atom. The van der Waals surface area contributed by atoms with E-state index in [-0.39, 0.29) is 16.7 Å². The van der Waals surface area contributed by atoms with Gasteiger partial charge in [0, 0.05) is 5.56 Å². The number of nitrogens with two attached hydrogens (primary N) is 1. The van der Waals surface area contributed by atoms with Crippen molar-refractivity contribution in [3.8, 4) is 6.07 Å². The number of amides is 1. The number of halogens is 3. The fraction of sp³-hybridized carbons (Fsp3) is 0.200. The summed E-state index contributed by atoms with van der Waals surface area (Å²) < 4.78 is 37.3. The molecular formula is C10H7F3N2O. The summed E-state index contributed by atoms with van der Waals surface area (Å²) in [5.74, 6) is -0.986. The number of alkyl halides is 3. The highest BCUT2D eigenvalue weighted by Gasteiger charge is 2.32. The van der Waals surface area contributed by atoms with Crippen LogP contribution in [-0.2, 0) is 6.18 Å². The van der Waals surface area contributed by atoms with Crippen LogP contribution in [-0.4, -0.2) is 5.91 Å². The molecule has 3 nitrogen and oxygen atoms in total. The predicted octanol–water partition coefficient (Wildman–Crippen LogP) is 1.98. The Kier molecular flexibility index (Phi) is 2.90. The predicted molar refractivity (Wildman–Crippen MR) is 49.4 cm³/mol. The van der Waals surface area contributed by atoms with Crippen molar-refractivity contribution in [3.05, 3.63) is 34.4 Å². The Bertz CT molecular complexity index is 486. The Morgan fingerprint density at radius 3 is 2.38 bits per heavy atom. The minimum absolute atomic E-state index is 0.156. The minimum atomic E-state index is -4.61. The lowest BCUT2D eigenvalue weighted by Crippen LogP contribution is -2.16. The molecule has 0 heterocycles. The van der Waals surface area contributed by atoms with Crippen LogP contribution in [0.5, 0.6) is 0 Å². The number of hydrogen-bond acceptors (Lipinski definition) is 2. The van der Waals surface area contributed by atoms with Crippen molar-refractivity contribution in [2.45, 2.75) is 13.1 Å². The highest BCUT2D eigenvalue weighted by atomic mass is 19.4. The van der Waals surface area contributed by atoms with Gasteiger partial charge in [0.15, 0.2) is 0 Å². The molecular weight excluding hydrogens is 221 g/mol. The fourth-order valence-electron chi connectivity index (χ4n) is 1.25. The molecule has 2 N–H and O–H groups in total. The first-order chi connectivity index (χ1) is 7.27. The third-order valence-corrected chi connectivity index (χ3v) is 2.12. The van der Waals surface area contributed by atoms with Gasteiger partial charge in [0.25, 0.3) is 0 Å². The number of rotatable bonds is 1. The molecule has 0 aliphatic rings. The van der Waals surface area contributed by atoms with E-state index in [4.69, 9.17) is 11.0 Å². The molecule has 1 aromatic carbocycles. The van der Waals surface area contributed by atoms with E-state index in [0.29, 0.717) is 12.1 Å². The zero-order valence-electron chi connectivity index (χ0n) is 8.22. The first kappa shape index (κ1) is 12.0. The number of carbonyl (C=O) groups excluding carboxylic acids is 1. The van der Waals surface area contributed by atoms with Crippen LogP contribution >= 0.6 is 0 Å². The van der Waals surface area contributed by atoms with Gasteiger partial charge in [0.1, 0.15) is 0 Å². The van der Waals surface area contributed by atoms with Crippen LogP contribution < -0.4 is 5.73 Å². The Balaban J connectivity index is 3.54. The van der Waals surface area contributed by atoms with Crippen LogP contribution in [0.2, 0.25) is 0 Å². The van der Waals surface area contributed by atoms with Gasteiger partial charge in [-0.05, 0) is 24.6 Å². The Labute approximate surface area is 89.3 Å². The van der Waals surface area contributed by atoms with E-state index in [1.54, 1.807) is 6.07 Å². The summed E-state index contributed by atoms with van der Waals surface area (Å²) in [6.07, 6.45) is -4.61. The molecule has 0 aliphatic carbocycles. The van der Waals surface area contributed by atoms with Crippen LogP contribution in [0.25, 0.3) is 0 Å². The second kappa shape index (κ2) is 3.85. The monoisotopic (exact) mass is 228 g/mol. The molecule has 0 aliphatic heterocycles. The summed E-state index contributed by atoms with van der Waals surface area (Å²) in [6, 6.07) is 2.94. The van der Waals surface area contributed by atoms with E-state index in [0.717, 1.165) is 0 Å². The molecule has 1 rings (SSSR count). The normalized spacial score (nSPS) is 10.9. The maximum atomic E-state index is 12.4. The zero-order chi connectivity index (χ0) is 12.5. The van der Waals surface area contributed by atoms with Gasteiger partial charge < -0.3 is 5.73 Å². The standard InChI is InChI=1S/C10H7F3N2O/c1-5-6(4-14)2-7(10(11,12)13)3-8(5)9(15)16/h2-3H,1H3,(H2,15,16). The molecule has 0 saturated carbocycles. The average molecular weight is 228 g/mol. The number of nitriles is 1. The fourth-order valence-corrected chi connectivity index (χ4v) is 1.25. The summed E-state index contributed by atoms with van der Waals surface area (Å²) >= 11 is 0. The third kappa shape index (κ3) is 2.14. The maximum absolute atomic E-state index is 12.4. The molecule has 0 fully saturated rings. The van der Waals surface area contributed by atoms with Crippen molar-refractivity contribution in [2.24, 2.45) is 5.73 Å². The van der Waals surface area contributed by atoms with Gasteiger partial charge in [-0.25, -0.2) is 0 Å². The van der Waals surface area contributed by atoms with E-state index >= 15 is 0 Å². The SMILES string of the molecule is Cc1c(C#N)cc(C(F)(F)F)cc1C(N)=O. The van der Waals surface area contributed by atoms with Crippen LogP contribution in [0.4, 0.5) is 13.2 Å². The molecule has 1 amide bonds. The molecule has 84 valence electrons. The van der Waals surface area contributed by atoms with Crippen molar-refractivity contribution in [3.63, 3.8) is 0 Å². The summed E-state index contributed by atoms with van der Waals surface area (Å²) in [4.78, 5) is 10.9. The molecule has 1 aromatic rings. The number of nitrogens with zero attached hydrogens (tertiary/aromatic N) is 1. The van der Waals surface area contributed by atoms with Crippen molar-refractivity contribution in [2.75, 3.05) is 0 Å². The lowest BCUT2D eigenvalue weighted by molar-refractivity contribution is -0.137. The number of hydrogen-bond donors (Lipinski definition) is 1. The smallest absolute Gasteiger partial charge is 0.366 e. The van der Waals surface area contributed by atoms with Crippen molar-refractivity contribution >= 4 is 5.91 Å². The van der Waals surface area contributed by atoms with Gasteiger partial charge in [0.05, 0.1) is 17.2 Å². The van der Waals surface area contributed by atoms with E-state index in [9.17, 15) is 18.0 Å². The first-order valence-electron chi connectivity index (χ1n) is 4.19. The van der Waals surface area contributed by atoms with Gasteiger partial charge in [-0.2, -0.15) is 18.4 Å². The third-order valence-electron chi connectivity index (χ3n) is 2.12. The Hall–Kier alpha value is -2.03. The van der Waals surface area contributed by atoms with Gasteiger partial charge in [0.2, 0.25) is 5.91 Å². The largest absolute Gasteiger partial charge is 0.416 e. The number of carbonyl (C=O) groups is 1. The average Bonchev–Trinajstić information content (AvgIpc) is 2.15. The molecule has 0 aromatic heterocycles. The maximum Gasteiger partial charge on any atom is 0.416 e. The highest BCUT2D eigenvalue weighted by Crippen LogP contribution is 2.31. The second-order valence-electron chi connectivity index (χ2n) is 3.17. The molecule has 0 bridgehead atoms. The topological polar surface area (TPSA) is 66.9 Å². The molecule has 0 unspecified atom stereocenters. The molecule has 0 spiro atoms. The lowest BCUT2D eigenvalue weighted by atomic mass is 9.98.